The third-order valence-corrected chi connectivity index (χ3v) is 6.56. The van der Waals surface area contributed by atoms with E-state index in [1.807, 2.05) is 13.0 Å². The summed E-state index contributed by atoms with van der Waals surface area (Å²) in [5.41, 5.74) is 1.04. The van der Waals surface area contributed by atoms with E-state index in [1.165, 1.54) is 12.1 Å². The van der Waals surface area contributed by atoms with Gasteiger partial charge in [0.1, 0.15) is 24.4 Å². The normalized spacial score (nSPS) is 19.1. The summed E-state index contributed by atoms with van der Waals surface area (Å²) in [4.78, 5) is 9.10. The predicted octanol–water partition coefficient (Wildman–Crippen LogP) is 4.74. The highest BCUT2D eigenvalue weighted by Gasteiger charge is 2.31. The summed E-state index contributed by atoms with van der Waals surface area (Å²) in [6, 6.07) is 9.24. The number of rotatable bonds is 9. The Kier molecular flexibility index (Phi) is 7.37. The van der Waals surface area contributed by atoms with E-state index in [9.17, 15) is 13.9 Å². The highest BCUT2D eigenvalue weighted by Crippen LogP contribution is 2.39. The van der Waals surface area contributed by atoms with E-state index in [1.54, 1.807) is 32.2 Å². The van der Waals surface area contributed by atoms with Crippen molar-refractivity contribution in [1.29, 1.82) is 0 Å². The SMILES string of the molecule is COc1cc2nc(C)nc(N[C@H](C)c3cccc(C(F)(F)CO)c3)c2cc1OC1CCCC1CO. The van der Waals surface area contributed by atoms with Crippen LogP contribution in [0, 0.1) is 12.8 Å². The Hall–Kier alpha value is -3.04. The number of aryl methyl sites for hydroxylation is 1. The van der Waals surface area contributed by atoms with Gasteiger partial charge < -0.3 is 25.0 Å². The molecular formula is C26H31F2N3O4. The number of hydrogen-bond acceptors (Lipinski definition) is 7. The average molecular weight is 488 g/mol. The van der Waals surface area contributed by atoms with Crippen LogP contribution in [0.15, 0.2) is 36.4 Å². The topological polar surface area (TPSA) is 96.7 Å². The Labute approximate surface area is 203 Å². The second-order valence-corrected chi connectivity index (χ2v) is 9.02. The molecule has 188 valence electrons. The third-order valence-electron chi connectivity index (χ3n) is 6.56. The molecule has 1 fully saturated rings. The lowest BCUT2D eigenvalue weighted by Crippen LogP contribution is -2.24. The van der Waals surface area contributed by atoms with Crippen LogP contribution >= 0.6 is 0 Å². The second-order valence-electron chi connectivity index (χ2n) is 9.02. The Bertz CT molecular complexity index is 1190. The molecule has 3 N–H and O–H groups in total. The Morgan fingerprint density at radius 2 is 1.94 bits per heavy atom. The fourth-order valence-corrected chi connectivity index (χ4v) is 4.56. The van der Waals surface area contributed by atoms with Crippen LogP contribution in [-0.4, -0.2) is 46.6 Å². The monoisotopic (exact) mass is 487 g/mol. The first-order valence-corrected chi connectivity index (χ1v) is 11.7. The molecule has 0 spiro atoms. The molecule has 1 heterocycles. The summed E-state index contributed by atoms with van der Waals surface area (Å²) < 4.78 is 39.9. The number of nitrogens with zero attached hydrogens (tertiary/aromatic N) is 2. The van der Waals surface area contributed by atoms with Crippen molar-refractivity contribution in [2.75, 3.05) is 25.6 Å². The number of alkyl halides is 2. The fourth-order valence-electron chi connectivity index (χ4n) is 4.56. The summed E-state index contributed by atoms with van der Waals surface area (Å²) in [5.74, 6) is -1.08. The molecule has 0 aliphatic heterocycles. The molecule has 35 heavy (non-hydrogen) atoms. The second kappa shape index (κ2) is 10.3. The minimum atomic E-state index is -3.32. The smallest absolute Gasteiger partial charge is 0.295 e. The molecule has 9 heteroatoms. The summed E-state index contributed by atoms with van der Waals surface area (Å²) >= 11 is 0. The molecule has 1 aliphatic carbocycles. The van der Waals surface area contributed by atoms with Crippen molar-refractivity contribution in [3.8, 4) is 11.5 Å². The number of hydrogen-bond donors (Lipinski definition) is 3. The lowest BCUT2D eigenvalue weighted by molar-refractivity contribution is -0.0556. The molecule has 2 aromatic carbocycles. The fraction of sp³-hybridized carbons (Fsp3) is 0.462. The lowest BCUT2D eigenvalue weighted by atomic mass is 10.0. The molecule has 0 amide bonds. The van der Waals surface area contributed by atoms with Crippen LogP contribution in [0.2, 0.25) is 0 Å². The number of aliphatic hydroxyl groups excluding tert-OH is 2. The van der Waals surface area contributed by atoms with Gasteiger partial charge >= 0.3 is 0 Å². The number of nitrogens with one attached hydrogen (secondary N) is 1. The number of anilines is 1. The molecule has 7 nitrogen and oxygen atoms in total. The number of ether oxygens (including phenoxy) is 2. The summed E-state index contributed by atoms with van der Waals surface area (Å²) in [6.45, 7) is 2.45. The number of halogens is 2. The van der Waals surface area contributed by atoms with Gasteiger partial charge in [0.05, 0.1) is 12.6 Å². The summed E-state index contributed by atoms with van der Waals surface area (Å²) in [6.07, 6.45) is 2.66. The van der Waals surface area contributed by atoms with Gasteiger partial charge in [0, 0.05) is 35.6 Å². The highest BCUT2D eigenvalue weighted by molar-refractivity contribution is 5.92. The first-order valence-electron chi connectivity index (χ1n) is 11.7. The number of methoxy groups -OCH3 is 1. The third kappa shape index (κ3) is 5.31. The Morgan fingerprint density at radius 1 is 1.14 bits per heavy atom. The molecule has 0 bridgehead atoms. The van der Waals surface area contributed by atoms with E-state index >= 15 is 0 Å². The highest BCUT2D eigenvalue weighted by atomic mass is 19.3. The van der Waals surface area contributed by atoms with E-state index in [-0.39, 0.29) is 30.2 Å². The zero-order chi connectivity index (χ0) is 25.2. The van der Waals surface area contributed by atoms with E-state index in [4.69, 9.17) is 14.6 Å². The summed E-state index contributed by atoms with van der Waals surface area (Å²) in [5, 5.41) is 22.7. The summed E-state index contributed by atoms with van der Waals surface area (Å²) in [7, 11) is 1.57. The molecule has 0 radical (unpaired) electrons. The minimum absolute atomic E-state index is 0.0710. The Balaban J connectivity index is 1.69. The number of fused-ring (bicyclic) bond motifs is 1. The molecule has 3 atom stereocenters. The van der Waals surface area contributed by atoms with Gasteiger partial charge in [-0.15, -0.1) is 0 Å². The van der Waals surface area contributed by atoms with Crippen molar-refractivity contribution in [3.05, 3.63) is 53.3 Å². The van der Waals surface area contributed by atoms with Gasteiger partial charge in [-0.3, -0.25) is 0 Å². The molecule has 1 aliphatic rings. The van der Waals surface area contributed by atoms with Gasteiger partial charge in [-0.2, -0.15) is 8.78 Å². The van der Waals surface area contributed by atoms with E-state index < -0.39 is 12.5 Å². The van der Waals surface area contributed by atoms with Crippen LogP contribution < -0.4 is 14.8 Å². The zero-order valence-corrected chi connectivity index (χ0v) is 20.1. The average Bonchev–Trinajstić information content (AvgIpc) is 3.31. The van der Waals surface area contributed by atoms with Crippen LogP contribution in [0.25, 0.3) is 10.9 Å². The van der Waals surface area contributed by atoms with Crippen molar-refractivity contribution in [2.45, 2.75) is 51.2 Å². The minimum Gasteiger partial charge on any atom is -0.493 e. The molecule has 1 aromatic heterocycles. The van der Waals surface area contributed by atoms with Crippen LogP contribution in [0.4, 0.5) is 14.6 Å². The van der Waals surface area contributed by atoms with Gasteiger partial charge in [-0.1, -0.05) is 18.2 Å². The van der Waals surface area contributed by atoms with Crippen LogP contribution in [0.3, 0.4) is 0 Å². The van der Waals surface area contributed by atoms with Crippen molar-refractivity contribution in [1.82, 2.24) is 9.97 Å². The van der Waals surface area contributed by atoms with Gasteiger partial charge in [0.15, 0.2) is 11.5 Å². The first-order chi connectivity index (χ1) is 16.7. The Morgan fingerprint density at radius 3 is 2.66 bits per heavy atom. The van der Waals surface area contributed by atoms with Crippen molar-refractivity contribution < 1.29 is 28.5 Å². The maximum absolute atomic E-state index is 14.0. The van der Waals surface area contributed by atoms with Gasteiger partial charge in [-0.25, -0.2) is 9.97 Å². The maximum atomic E-state index is 14.0. The molecular weight excluding hydrogens is 456 g/mol. The molecule has 3 aromatic rings. The predicted molar refractivity (Wildman–Crippen MR) is 129 cm³/mol. The number of benzene rings is 2. The van der Waals surface area contributed by atoms with Gasteiger partial charge in [0.25, 0.3) is 5.92 Å². The van der Waals surface area contributed by atoms with Crippen molar-refractivity contribution in [3.63, 3.8) is 0 Å². The zero-order valence-electron chi connectivity index (χ0n) is 20.1. The van der Waals surface area contributed by atoms with Crippen molar-refractivity contribution in [2.24, 2.45) is 5.92 Å². The quantitative estimate of drug-likeness (QED) is 0.401. The first kappa shape index (κ1) is 25.1. The van der Waals surface area contributed by atoms with Crippen molar-refractivity contribution >= 4 is 16.7 Å². The number of aliphatic hydroxyl groups is 2. The number of aromatic nitrogens is 2. The van der Waals surface area contributed by atoms with Gasteiger partial charge in [-0.05, 0) is 50.8 Å². The maximum Gasteiger partial charge on any atom is 0.295 e. The van der Waals surface area contributed by atoms with E-state index in [0.29, 0.717) is 39.6 Å². The largest absolute Gasteiger partial charge is 0.493 e. The molecule has 1 saturated carbocycles. The molecule has 4 rings (SSSR count). The van der Waals surface area contributed by atoms with Crippen LogP contribution in [0.1, 0.15) is 49.2 Å². The van der Waals surface area contributed by atoms with E-state index in [2.05, 4.69) is 15.3 Å². The molecule has 2 unspecified atom stereocenters. The van der Waals surface area contributed by atoms with E-state index in [0.717, 1.165) is 19.3 Å². The molecule has 0 saturated heterocycles. The lowest BCUT2D eigenvalue weighted by Gasteiger charge is -2.22. The standard InChI is InChI=1S/C26H31F2N3O4/c1-15(17-6-4-8-19(10-17)26(27,28)14-33)29-25-20-11-24(35-22-9-5-7-18(22)13-32)23(34-3)12-21(20)30-16(2)31-25/h4,6,8,10-12,15,18,22,32-33H,5,7,9,13-14H2,1-3H3,(H,29,30,31)/t15-,18?,22?/m1/s1. The van der Waals surface area contributed by atoms with Gasteiger partial charge in [0.2, 0.25) is 0 Å². The van der Waals surface area contributed by atoms with Crippen LogP contribution in [0.5, 0.6) is 11.5 Å². The van der Waals surface area contributed by atoms with Crippen LogP contribution in [-0.2, 0) is 5.92 Å².